The van der Waals surface area contributed by atoms with Crippen molar-refractivity contribution >= 4 is 55.5 Å². The maximum atomic E-state index is 12.0. The second kappa shape index (κ2) is 6.87. The van der Waals surface area contributed by atoms with Crippen molar-refractivity contribution in [1.82, 2.24) is 10.3 Å². The topological polar surface area (TPSA) is 88.2 Å². The van der Waals surface area contributed by atoms with Gasteiger partial charge in [-0.15, -0.1) is 22.9 Å². The molecule has 2 N–H and O–H groups in total. The molecule has 0 spiro atoms. The second-order valence-electron chi connectivity index (χ2n) is 5.34. The molecule has 128 valence electrons. The van der Waals surface area contributed by atoms with Crippen LogP contribution in [0.3, 0.4) is 0 Å². The van der Waals surface area contributed by atoms with E-state index >= 15 is 0 Å². The third kappa shape index (κ3) is 4.18. The van der Waals surface area contributed by atoms with Gasteiger partial charge in [0.05, 0.1) is 28.6 Å². The van der Waals surface area contributed by atoms with Gasteiger partial charge in [-0.1, -0.05) is 23.7 Å². The van der Waals surface area contributed by atoms with E-state index in [1.54, 1.807) is 12.1 Å². The number of benzene rings is 1. The van der Waals surface area contributed by atoms with Gasteiger partial charge in [0, 0.05) is 16.0 Å². The quantitative estimate of drug-likeness (QED) is 0.768. The van der Waals surface area contributed by atoms with Crippen molar-refractivity contribution < 1.29 is 13.2 Å². The minimum Gasteiger partial charge on any atom is -0.333 e. The van der Waals surface area contributed by atoms with Gasteiger partial charge in [0.25, 0.3) is 0 Å². The number of urea groups is 1. The lowest BCUT2D eigenvalue weighted by atomic mass is 10.2. The molecule has 0 unspecified atom stereocenters. The Balaban J connectivity index is 1.62. The highest BCUT2D eigenvalue weighted by Crippen LogP contribution is 2.26. The van der Waals surface area contributed by atoms with Crippen LogP contribution in [0.5, 0.6) is 0 Å². The summed E-state index contributed by atoms with van der Waals surface area (Å²) in [5, 5.41) is 7.40. The molecule has 24 heavy (non-hydrogen) atoms. The molecule has 1 fully saturated rings. The standard InChI is InChI=1S/C14H13Cl2N3O3S2/c15-9-3-1-8(2-4-9)11-5-23-14(18-11)19-13(20)17-12-7-24(21,22)6-10(12)16/h1-5,10,12H,6-7H2,(H2,17,18,19,20)/t10-,12+/m0/s1. The van der Waals surface area contributed by atoms with Crippen molar-refractivity contribution in [2.45, 2.75) is 11.4 Å². The van der Waals surface area contributed by atoms with E-state index in [0.29, 0.717) is 15.8 Å². The molecule has 0 bridgehead atoms. The molecule has 6 nitrogen and oxygen atoms in total. The summed E-state index contributed by atoms with van der Waals surface area (Å²) in [5.74, 6) is -0.278. The number of carbonyl (C=O) groups is 1. The van der Waals surface area contributed by atoms with Crippen molar-refractivity contribution in [1.29, 1.82) is 0 Å². The largest absolute Gasteiger partial charge is 0.333 e. The summed E-state index contributed by atoms with van der Waals surface area (Å²) in [6, 6.07) is 6.06. The fourth-order valence-corrected chi connectivity index (χ4v) is 5.71. The molecule has 1 saturated heterocycles. The number of nitrogens with zero attached hydrogens (tertiary/aromatic N) is 1. The molecule has 3 rings (SSSR count). The van der Waals surface area contributed by atoms with E-state index in [0.717, 1.165) is 5.56 Å². The van der Waals surface area contributed by atoms with Crippen LogP contribution in [0.4, 0.5) is 9.93 Å². The molecule has 1 aliphatic rings. The number of hydrogen-bond acceptors (Lipinski definition) is 5. The first kappa shape index (κ1) is 17.5. The molecule has 2 amide bonds. The van der Waals surface area contributed by atoms with E-state index in [1.807, 2.05) is 17.5 Å². The Labute approximate surface area is 153 Å². The number of aromatic nitrogens is 1. The van der Waals surface area contributed by atoms with Crippen molar-refractivity contribution in [2.75, 3.05) is 16.8 Å². The third-order valence-electron chi connectivity index (χ3n) is 3.46. The molecule has 10 heteroatoms. The van der Waals surface area contributed by atoms with E-state index < -0.39 is 27.3 Å². The zero-order valence-electron chi connectivity index (χ0n) is 12.2. The lowest BCUT2D eigenvalue weighted by molar-refractivity contribution is 0.249. The number of alkyl halides is 1. The number of anilines is 1. The lowest BCUT2D eigenvalue weighted by Crippen LogP contribution is -2.42. The van der Waals surface area contributed by atoms with Crippen LogP contribution in [0.25, 0.3) is 11.3 Å². The summed E-state index contributed by atoms with van der Waals surface area (Å²) in [5.41, 5.74) is 1.59. The summed E-state index contributed by atoms with van der Waals surface area (Å²) in [6.45, 7) is 0. The van der Waals surface area contributed by atoms with Crippen LogP contribution in [0.15, 0.2) is 29.6 Å². The number of thiazole rings is 1. The Morgan fingerprint density at radius 3 is 2.58 bits per heavy atom. The molecule has 1 aliphatic heterocycles. The van der Waals surface area contributed by atoms with Gasteiger partial charge >= 0.3 is 6.03 Å². The predicted molar refractivity (Wildman–Crippen MR) is 96.8 cm³/mol. The number of carbonyl (C=O) groups excluding carboxylic acids is 1. The first-order valence-electron chi connectivity index (χ1n) is 6.96. The minimum atomic E-state index is -3.20. The second-order valence-corrected chi connectivity index (χ2v) is 9.35. The van der Waals surface area contributed by atoms with Gasteiger partial charge in [0.15, 0.2) is 15.0 Å². The van der Waals surface area contributed by atoms with Gasteiger partial charge in [-0.2, -0.15) is 0 Å². The highest BCUT2D eigenvalue weighted by atomic mass is 35.5. The average molecular weight is 406 g/mol. The average Bonchev–Trinajstić information content (AvgIpc) is 3.04. The van der Waals surface area contributed by atoms with Gasteiger partial charge in [-0.25, -0.2) is 18.2 Å². The molecular formula is C14H13Cl2N3O3S2. The molecular weight excluding hydrogens is 393 g/mol. The van der Waals surface area contributed by atoms with Gasteiger partial charge in [0.1, 0.15) is 0 Å². The summed E-state index contributed by atoms with van der Waals surface area (Å²) in [6.07, 6.45) is 0. The van der Waals surface area contributed by atoms with E-state index in [9.17, 15) is 13.2 Å². The normalized spacial score (nSPS) is 22.2. The van der Waals surface area contributed by atoms with Gasteiger partial charge in [-0.3, -0.25) is 5.32 Å². The van der Waals surface area contributed by atoms with Crippen LogP contribution >= 0.6 is 34.5 Å². The Kier molecular flexibility index (Phi) is 5.00. The Bertz CT molecular complexity index is 852. The summed E-state index contributed by atoms with van der Waals surface area (Å²) in [7, 11) is -3.20. The third-order valence-corrected chi connectivity index (χ3v) is 6.85. The first-order chi connectivity index (χ1) is 11.3. The van der Waals surface area contributed by atoms with E-state index in [4.69, 9.17) is 23.2 Å². The molecule has 2 heterocycles. The van der Waals surface area contributed by atoms with Gasteiger partial charge < -0.3 is 5.32 Å². The summed E-state index contributed by atoms with van der Waals surface area (Å²) < 4.78 is 23.0. The van der Waals surface area contributed by atoms with Crippen molar-refractivity contribution in [3.8, 4) is 11.3 Å². The van der Waals surface area contributed by atoms with Crippen LogP contribution in [-0.4, -0.2) is 42.4 Å². The van der Waals surface area contributed by atoms with Crippen LogP contribution in [0.1, 0.15) is 0 Å². The van der Waals surface area contributed by atoms with Gasteiger partial charge in [0.2, 0.25) is 0 Å². The molecule has 2 atom stereocenters. The fraction of sp³-hybridized carbons (Fsp3) is 0.286. The number of hydrogen-bond donors (Lipinski definition) is 2. The molecule has 2 aromatic rings. The summed E-state index contributed by atoms with van der Waals surface area (Å²) in [4.78, 5) is 16.3. The van der Waals surface area contributed by atoms with Crippen LogP contribution < -0.4 is 10.6 Å². The summed E-state index contributed by atoms with van der Waals surface area (Å²) >= 11 is 13.1. The zero-order chi connectivity index (χ0) is 17.3. The number of nitrogens with one attached hydrogen (secondary N) is 2. The maximum absolute atomic E-state index is 12.0. The Morgan fingerprint density at radius 1 is 1.25 bits per heavy atom. The lowest BCUT2D eigenvalue weighted by Gasteiger charge is -2.13. The smallest absolute Gasteiger partial charge is 0.321 e. The molecule has 0 saturated carbocycles. The fourth-order valence-electron chi connectivity index (χ4n) is 2.32. The number of amides is 2. The van der Waals surface area contributed by atoms with Crippen molar-refractivity contribution in [3.05, 3.63) is 34.7 Å². The minimum absolute atomic E-state index is 0.128. The predicted octanol–water partition coefficient (Wildman–Crippen LogP) is 2.99. The Morgan fingerprint density at radius 2 is 1.96 bits per heavy atom. The zero-order valence-corrected chi connectivity index (χ0v) is 15.3. The van der Waals surface area contributed by atoms with Gasteiger partial charge in [-0.05, 0) is 12.1 Å². The highest BCUT2D eigenvalue weighted by Gasteiger charge is 2.37. The molecule has 0 aliphatic carbocycles. The van der Waals surface area contributed by atoms with E-state index in [1.165, 1.54) is 11.3 Å². The van der Waals surface area contributed by atoms with Crippen molar-refractivity contribution in [2.24, 2.45) is 0 Å². The molecule has 1 aromatic heterocycles. The van der Waals surface area contributed by atoms with Crippen LogP contribution in [0, 0.1) is 0 Å². The monoisotopic (exact) mass is 405 g/mol. The van der Waals surface area contributed by atoms with E-state index in [2.05, 4.69) is 15.6 Å². The molecule has 0 radical (unpaired) electrons. The Hall–Kier alpha value is -1.35. The first-order valence-corrected chi connectivity index (χ1v) is 10.5. The maximum Gasteiger partial charge on any atom is 0.321 e. The number of rotatable bonds is 3. The van der Waals surface area contributed by atoms with E-state index in [-0.39, 0.29) is 11.5 Å². The number of halogens is 2. The SMILES string of the molecule is O=C(Nc1nc(-c2ccc(Cl)cc2)cs1)N[C@@H]1CS(=O)(=O)C[C@@H]1Cl. The highest BCUT2D eigenvalue weighted by molar-refractivity contribution is 7.91. The molecule has 1 aromatic carbocycles. The number of sulfone groups is 1. The van der Waals surface area contributed by atoms with Crippen molar-refractivity contribution in [3.63, 3.8) is 0 Å². The van der Waals surface area contributed by atoms with Crippen LogP contribution in [-0.2, 0) is 9.84 Å². The van der Waals surface area contributed by atoms with Crippen LogP contribution in [0.2, 0.25) is 5.02 Å².